The number of hydrogen-bond donors (Lipinski definition) is 0. The summed E-state index contributed by atoms with van der Waals surface area (Å²) in [7, 11) is 0. The van der Waals surface area contributed by atoms with Crippen LogP contribution in [0.3, 0.4) is 0 Å². The van der Waals surface area contributed by atoms with Crippen LogP contribution in [0, 0.1) is 11.6 Å². The fourth-order valence-corrected chi connectivity index (χ4v) is 2.42. The number of rotatable bonds is 2. The first-order valence-electron chi connectivity index (χ1n) is 6.25. The Labute approximate surface area is 124 Å². The summed E-state index contributed by atoms with van der Waals surface area (Å²) in [5.41, 5.74) is 0.00183. The number of benzene rings is 3. The van der Waals surface area contributed by atoms with Gasteiger partial charge in [0.15, 0.2) is 5.78 Å². The van der Waals surface area contributed by atoms with Crippen molar-refractivity contribution >= 4 is 28.2 Å². The molecule has 0 spiro atoms. The van der Waals surface area contributed by atoms with Gasteiger partial charge in [0.2, 0.25) is 0 Å². The fraction of sp³-hybridized carbons (Fsp3) is 0. The quantitative estimate of drug-likeness (QED) is 0.481. The Kier molecular flexibility index (Phi) is 3.43. The van der Waals surface area contributed by atoms with Gasteiger partial charge in [-0.25, -0.2) is 8.78 Å². The smallest absolute Gasteiger partial charge is 0.196 e. The van der Waals surface area contributed by atoms with Crippen molar-refractivity contribution in [3.05, 3.63) is 82.4 Å². The van der Waals surface area contributed by atoms with Crippen LogP contribution >= 0.6 is 11.6 Å². The zero-order valence-corrected chi connectivity index (χ0v) is 11.5. The lowest BCUT2D eigenvalue weighted by molar-refractivity contribution is 0.103. The molecule has 104 valence electrons. The highest BCUT2D eigenvalue weighted by Gasteiger charge is 2.18. The highest BCUT2D eigenvalue weighted by Crippen LogP contribution is 2.25. The Morgan fingerprint density at radius 2 is 1.57 bits per heavy atom. The van der Waals surface area contributed by atoms with Gasteiger partial charge >= 0.3 is 0 Å². The van der Waals surface area contributed by atoms with Crippen molar-refractivity contribution in [2.24, 2.45) is 0 Å². The van der Waals surface area contributed by atoms with Crippen LogP contribution in [0.5, 0.6) is 0 Å². The molecule has 0 amide bonds. The monoisotopic (exact) mass is 302 g/mol. The van der Waals surface area contributed by atoms with Gasteiger partial charge in [0, 0.05) is 5.56 Å². The molecule has 0 heterocycles. The average molecular weight is 303 g/mol. The summed E-state index contributed by atoms with van der Waals surface area (Å²) in [6.07, 6.45) is 0. The summed E-state index contributed by atoms with van der Waals surface area (Å²) in [6.45, 7) is 0. The van der Waals surface area contributed by atoms with Gasteiger partial charge in [-0.05, 0) is 22.9 Å². The van der Waals surface area contributed by atoms with Crippen molar-refractivity contribution in [2.45, 2.75) is 0 Å². The standard InChI is InChI=1S/C17H9ClF2O/c18-14-9-15(19)13(8-16(14)20)17(21)12-7-3-5-10-4-1-2-6-11(10)12/h1-9H. The van der Waals surface area contributed by atoms with Crippen molar-refractivity contribution < 1.29 is 13.6 Å². The molecule has 3 aromatic rings. The Morgan fingerprint density at radius 3 is 2.38 bits per heavy atom. The predicted octanol–water partition coefficient (Wildman–Crippen LogP) is 5.00. The molecule has 0 atom stereocenters. The van der Waals surface area contributed by atoms with Gasteiger partial charge in [-0.2, -0.15) is 0 Å². The first kappa shape index (κ1) is 13.7. The van der Waals surface area contributed by atoms with Gasteiger partial charge in [0.05, 0.1) is 10.6 Å². The molecule has 21 heavy (non-hydrogen) atoms. The van der Waals surface area contributed by atoms with E-state index in [1.54, 1.807) is 24.3 Å². The molecule has 0 unspecified atom stereocenters. The van der Waals surface area contributed by atoms with Crippen molar-refractivity contribution in [3.63, 3.8) is 0 Å². The molecule has 0 aliphatic carbocycles. The molecular weight excluding hydrogens is 294 g/mol. The SMILES string of the molecule is O=C(c1cc(F)c(Cl)cc1F)c1cccc2ccccc12. The first-order valence-corrected chi connectivity index (χ1v) is 6.63. The number of fused-ring (bicyclic) bond motifs is 1. The predicted molar refractivity (Wildman–Crippen MR) is 78.7 cm³/mol. The maximum atomic E-state index is 13.9. The van der Waals surface area contributed by atoms with Crippen LogP contribution in [-0.2, 0) is 0 Å². The summed E-state index contributed by atoms with van der Waals surface area (Å²) in [4.78, 5) is 12.5. The van der Waals surface area contributed by atoms with Gasteiger partial charge < -0.3 is 0 Å². The molecule has 3 rings (SSSR count). The third-order valence-electron chi connectivity index (χ3n) is 3.29. The summed E-state index contributed by atoms with van der Waals surface area (Å²) < 4.78 is 27.4. The Hall–Kier alpha value is -2.26. The average Bonchev–Trinajstić information content (AvgIpc) is 2.49. The van der Waals surface area contributed by atoms with Crippen molar-refractivity contribution in [1.29, 1.82) is 0 Å². The van der Waals surface area contributed by atoms with E-state index in [1.807, 2.05) is 18.2 Å². The van der Waals surface area contributed by atoms with Crippen LogP contribution in [0.2, 0.25) is 5.02 Å². The molecule has 0 aromatic heterocycles. The Balaban J connectivity index is 2.20. The van der Waals surface area contributed by atoms with Crippen molar-refractivity contribution in [1.82, 2.24) is 0 Å². The van der Waals surface area contributed by atoms with E-state index in [0.717, 1.165) is 17.5 Å². The number of halogens is 3. The van der Waals surface area contributed by atoms with Gasteiger partial charge in [-0.15, -0.1) is 0 Å². The van der Waals surface area contributed by atoms with E-state index in [-0.39, 0.29) is 10.6 Å². The van der Waals surface area contributed by atoms with Crippen LogP contribution in [0.15, 0.2) is 54.6 Å². The second-order valence-electron chi connectivity index (χ2n) is 4.60. The summed E-state index contributed by atoms with van der Waals surface area (Å²) in [6, 6.07) is 14.1. The molecule has 0 aliphatic heterocycles. The van der Waals surface area contributed by atoms with Crippen LogP contribution in [0.1, 0.15) is 15.9 Å². The maximum Gasteiger partial charge on any atom is 0.196 e. The molecule has 0 saturated carbocycles. The van der Waals surface area contributed by atoms with Crippen molar-refractivity contribution in [2.75, 3.05) is 0 Å². The zero-order valence-electron chi connectivity index (χ0n) is 10.7. The normalized spacial score (nSPS) is 10.8. The van der Waals surface area contributed by atoms with Gasteiger partial charge in [0.1, 0.15) is 11.6 Å². The van der Waals surface area contributed by atoms with Gasteiger partial charge in [-0.3, -0.25) is 4.79 Å². The van der Waals surface area contributed by atoms with E-state index in [4.69, 9.17) is 11.6 Å². The topological polar surface area (TPSA) is 17.1 Å². The van der Waals surface area contributed by atoms with E-state index in [9.17, 15) is 13.6 Å². The minimum absolute atomic E-state index is 0.326. The Bertz CT molecular complexity index is 853. The summed E-state index contributed by atoms with van der Waals surface area (Å²) >= 11 is 5.51. The molecule has 0 bridgehead atoms. The van der Waals surface area contributed by atoms with Crippen molar-refractivity contribution in [3.8, 4) is 0 Å². The zero-order chi connectivity index (χ0) is 15.0. The number of hydrogen-bond acceptors (Lipinski definition) is 1. The number of carbonyl (C=O) groups excluding carboxylic acids is 1. The van der Waals surface area contributed by atoms with E-state index < -0.39 is 17.4 Å². The van der Waals surface area contributed by atoms with Crippen LogP contribution in [0.4, 0.5) is 8.78 Å². The lowest BCUT2D eigenvalue weighted by Crippen LogP contribution is -2.06. The number of ketones is 1. The van der Waals surface area contributed by atoms with Crippen LogP contribution in [0.25, 0.3) is 10.8 Å². The Morgan fingerprint density at radius 1 is 0.857 bits per heavy atom. The molecule has 0 radical (unpaired) electrons. The van der Waals surface area contributed by atoms with E-state index in [2.05, 4.69) is 0 Å². The highest BCUT2D eigenvalue weighted by atomic mass is 35.5. The minimum Gasteiger partial charge on any atom is -0.288 e. The summed E-state index contributed by atoms with van der Waals surface area (Å²) in [5, 5.41) is 1.21. The van der Waals surface area contributed by atoms with E-state index in [1.165, 1.54) is 0 Å². The third kappa shape index (κ3) is 2.41. The number of carbonyl (C=O) groups is 1. The first-order chi connectivity index (χ1) is 10.1. The second-order valence-corrected chi connectivity index (χ2v) is 5.01. The van der Waals surface area contributed by atoms with Crippen LogP contribution in [-0.4, -0.2) is 5.78 Å². The third-order valence-corrected chi connectivity index (χ3v) is 3.58. The summed E-state index contributed by atoms with van der Waals surface area (Å²) in [5.74, 6) is -2.22. The second kappa shape index (κ2) is 5.26. The maximum absolute atomic E-state index is 13.9. The fourth-order valence-electron chi connectivity index (χ4n) is 2.27. The minimum atomic E-state index is -0.834. The van der Waals surface area contributed by atoms with E-state index in [0.29, 0.717) is 10.9 Å². The van der Waals surface area contributed by atoms with Gasteiger partial charge in [0.25, 0.3) is 0 Å². The molecule has 3 aromatic carbocycles. The molecule has 0 fully saturated rings. The molecule has 0 N–H and O–H groups in total. The lowest BCUT2D eigenvalue weighted by Gasteiger charge is -2.07. The molecule has 4 heteroatoms. The molecule has 0 aliphatic rings. The largest absolute Gasteiger partial charge is 0.288 e. The highest BCUT2D eigenvalue weighted by molar-refractivity contribution is 6.31. The van der Waals surface area contributed by atoms with Gasteiger partial charge in [-0.1, -0.05) is 54.1 Å². The molecule has 1 nitrogen and oxygen atoms in total. The molecule has 0 saturated heterocycles. The molecular formula is C17H9ClF2O. The van der Waals surface area contributed by atoms with Crippen LogP contribution < -0.4 is 0 Å². The lowest BCUT2D eigenvalue weighted by atomic mass is 9.97. The van der Waals surface area contributed by atoms with E-state index >= 15 is 0 Å².